The second kappa shape index (κ2) is 8.61. The number of rotatable bonds is 5. The van der Waals surface area contributed by atoms with E-state index in [2.05, 4.69) is 10.2 Å². The molecule has 0 bridgehead atoms. The van der Waals surface area contributed by atoms with E-state index in [9.17, 15) is 14.9 Å². The van der Waals surface area contributed by atoms with Crippen molar-refractivity contribution in [3.8, 4) is 6.07 Å². The third-order valence-electron chi connectivity index (χ3n) is 4.64. The third kappa shape index (κ3) is 4.14. The van der Waals surface area contributed by atoms with Crippen LogP contribution in [0.3, 0.4) is 0 Å². The van der Waals surface area contributed by atoms with Crippen molar-refractivity contribution in [1.82, 2.24) is 4.90 Å². The Kier molecular flexibility index (Phi) is 5.99. The molecule has 1 unspecified atom stereocenters. The van der Waals surface area contributed by atoms with E-state index < -0.39 is 17.9 Å². The SMILES string of the molecule is CCCN1C(=O)C(C#N)=C(c2ccccc2)C(/N=N/c2cc(C)cc(C)c2)C1=O. The first-order valence-corrected chi connectivity index (χ1v) is 9.50. The lowest BCUT2D eigenvalue weighted by Crippen LogP contribution is -2.48. The molecule has 0 N–H and O–H groups in total. The van der Waals surface area contributed by atoms with Gasteiger partial charge >= 0.3 is 0 Å². The quantitative estimate of drug-likeness (QED) is 0.559. The van der Waals surface area contributed by atoms with E-state index >= 15 is 0 Å². The van der Waals surface area contributed by atoms with Crippen LogP contribution in [0.15, 0.2) is 64.3 Å². The Morgan fingerprint density at radius 2 is 1.72 bits per heavy atom. The van der Waals surface area contributed by atoms with Crippen LogP contribution >= 0.6 is 0 Å². The number of nitrogens with zero attached hydrogens (tertiary/aromatic N) is 4. The minimum absolute atomic E-state index is 0.0615. The summed E-state index contributed by atoms with van der Waals surface area (Å²) in [4.78, 5) is 27.0. The van der Waals surface area contributed by atoms with Gasteiger partial charge in [-0.25, -0.2) is 0 Å². The largest absolute Gasteiger partial charge is 0.276 e. The topological polar surface area (TPSA) is 85.9 Å². The monoisotopic (exact) mass is 386 g/mol. The van der Waals surface area contributed by atoms with Gasteiger partial charge in [-0.3, -0.25) is 14.5 Å². The van der Waals surface area contributed by atoms with Gasteiger partial charge in [-0.1, -0.05) is 43.3 Å². The van der Waals surface area contributed by atoms with Crippen molar-refractivity contribution in [2.75, 3.05) is 6.54 Å². The standard InChI is InChI=1S/C23H22N4O2/c1-4-10-27-22(28)19(14-24)20(17-8-6-5-7-9-17)21(23(27)29)26-25-18-12-15(2)11-16(3)13-18/h5-9,11-13,21H,4,10H2,1-3H3/b26-25+. The van der Waals surface area contributed by atoms with E-state index in [0.717, 1.165) is 16.0 Å². The molecule has 2 amide bonds. The van der Waals surface area contributed by atoms with Gasteiger partial charge in [0.05, 0.1) is 5.69 Å². The highest BCUT2D eigenvalue weighted by atomic mass is 16.2. The molecule has 29 heavy (non-hydrogen) atoms. The number of hydrogen-bond donors (Lipinski definition) is 0. The fourth-order valence-electron chi connectivity index (χ4n) is 3.46. The maximum absolute atomic E-state index is 13.1. The highest BCUT2D eigenvalue weighted by Gasteiger charge is 2.41. The van der Waals surface area contributed by atoms with Crippen molar-refractivity contribution in [2.45, 2.75) is 33.2 Å². The van der Waals surface area contributed by atoms with E-state index in [4.69, 9.17) is 0 Å². The Balaban J connectivity index is 2.15. The highest BCUT2D eigenvalue weighted by molar-refractivity contribution is 6.20. The molecule has 1 aliphatic rings. The van der Waals surface area contributed by atoms with Crippen LogP contribution in [0.4, 0.5) is 5.69 Å². The van der Waals surface area contributed by atoms with Gasteiger partial charge in [-0.2, -0.15) is 15.5 Å². The summed E-state index contributed by atoms with van der Waals surface area (Å²) in [5.41, 5.74) is 3.56. The van der Waals surface area contributed by atoms with Crippen LogP contribution in [0.2, 0.25) is 0 Å². The predicted molar refractivity (Wildman–Crippen MR) is 110 cm³/mol. The minimum atomic E-state index is -1.04. The Morgan fingerprint density at radius 1 is 1.07 bits per heavy atom. The lowest BCUT2D eigenvalue weighted by molar-refractivity contribution is -0.143. The molecular formula is C23H22N4O2. The molecule has 0 spiro atoms. The van der Waals surface area contributed by atoms with Crippen LogP contribution < -0.4 is 0 Å². The normalized spacial score (nSPS) is 17.2. The molecular weight excluding hydrogens is 364 g/mol. The first-order valence-electron chi connectivity index (χ1n) is 9.50. The second-order valence-corrected chi connectivity index (χ2v) is 7.03. The molecule has 1 heterocycles. The van der Waals surface area contributed by atoms with E-state index in [1.807, 2.05) is 51.1 Å². The first-order chi connectivity index (χ1) is 14.0. The lowest BCUT2D eigenvalue weighted by atomic mass is 9.89. The van der Waals surface area contributed by atoms with Gasteiger partial charge in [-0.05, 0) is 49.1 Å². The number of nitriles is 1. The molecule has 2 aromatic carbocycles. The Hall–Kier alpha value is -3.59. The van der Waals surface area contributed by atoms with Gasteiger partial charge in [0, 0.05) is 12.1 Å². The summed E-state index contributed by atoms with van der Waals surface area (Å²) in [6.45, 7) is 6.03. The average molecular weight is 386 g/mol. The smallest absolute Gasteiger partial charge is 0.271 e. The molecule has 6 nitrogen and oxygen atoms in total. The molecule has 0 fully saturated rings. The minimum Gasteiger partial charge on any atom is -0.276 e. The second-order valence-electron chi connectivity index (χ2n) is 7.03. The molecule has 0 saturated carbocycles. The summed E-state index contributed by atoms with van der Waals surface area (Å²) >= 11 is 0. The Morgan fingerprint density at radius 3 is 2.31 bits per heavy atom. The van der Waals surface area contributed by atoms with E-state index in [1.165, 1.54) is 0 Å². The molecule has 0 aromatic heterocycles. The molecule has 2 aromatic rings. The van der Waals surface area contributed by atoms with E-state index in [1.54, 1.807) is 24.3 Å². The fourth-order valence-corrected chi connectivity index (χ4v) is 3.46. The number of azo groups is 1. The molecule has 0 radical (unpaired) electrons. The first kappa shape index (κ1) is 20.2. The molecule has 1 atom stereocenters. The number of benzene rings is 2. The summed E-state index contributed by atoms with van der Waals surface area (Å²) in [5, 5.41) is 18.3. The van der Waals surface area contributed by atoms with Crippen molar-refractivity contribution in [3.63, 3.8) is 0 Å². The fraction of sp³-hybridized carbons (Fsp3) is 0.261. The zero-order chi connectivity index (χ0) is 21.0. The predicted octanol–water partition coefficient (Wildman–Crippen LogP) is 4.51. The number of imide groups is 1. The average Bonchev–Trinajstić information content (AvgIpc) is 2.70. The molecule has 6 heteroatoms. The van der Waals surface area contributed by atoms with Crippen LogP contribution in [0.5, 0.6) is 0 Å². The zero-order valence-corrected chi connectivity index (χ0v) is 16.7. The molecule has 146 valence electrons. The van der Waals surface area contributed by atoms with Crippen LogP contribution in [-0.4, -0.2) is 29.3 Å². The van der Waals surface area contributed by atoms with Crippen LogP contribution in [0.25, 0.3) is 5.57 Å². The summed E-state index contributed by atoms with van der Waals surface area (Å²) in [6, 6.07) is 15.7. The molecule has 0 aliphatic carbocycles. The van der Waals surface area contributed by atoms with Gasteiger partial charge in [0.1, 0.15) is 11.6 Å². The van der Waals surface area contributed by atoms with Crippen LogP contribution in [0, 0.1) is 25.2 Å². The summed E-state index contributed by atoms with van der Waals surface area (Å²) < 4.78 is 0. The van der Waals surface area contributed by atoms with E-state index in [-0.39, 0.29) is 12.1 Å². The Labute approximate surface area is 170 Å². The zero-order valence-electron chi connectivity index (χ0n) is 16.7. The number of carbonyl (C=O) groups is 2. The van der Waals surface area contributed by atoms with Gasteiger partial charge in [0.25, 0.3) is 11.8 Å². The van der Waals surface area contributed by atoms with Crippen molar-refractivity contribution in [2.24, 2.45) is 10.2 Å². The van der Waals surface area contributed by atoms with Gasteiger partial charge in [0.2, 0.25) is 0 Å². The maximum Gasteiger partial charge on any atom is 0.271 e. The summed E-state index contributed by atoms with van der Waals surface area (Å²) in [5.74, 6) is -1.03. The lowest BCUT2D eigenvalue weighted by Gasteiger charge is -2.30. The van der Waals surface area contributed by atoms with Crippen molar-refractivity contribution in [3.05, 3.63) is 70.8 Å². The number of carbonyl (C=O) groups excluding carboxylic acids is 2. The Bertz CT molecular complexity index is 1030. The van der Waals surface area contributed by atoms with Crippen molar-refractivity contribution in [1.29, 1.82) is 5.26 Å². The number of amides is 2. The van der Waals surface area contributed by atoms with E-state index in [0.29, 0.717) is 23.2 Å². The number of aryl methyl sites for hydroxylation is 2. The van der Waals surface area contributed by atoms with Gasteiger partial charge in [-0.15, -0.1) is 0 Å². The molecule has 3 rings (SSSR count). The van der Waals surface area contributed by atoms with Crippen LogP contribution in [-0.2, 0) is 9.59 Å². The molecule has 0 saturated heterocycles. The van der Waals surface area contributed by atoms with Crippen molar-refractivity contribution >= 4 is 23.1 Å². The van der Waals surface area contributed by atoms with Gasteiger partial charge < -0.3 is 0 Å². The maximum atomic E-state index is 13.1. The van der Waals surface area contributed by atoms with Crippen LogP contribution in [0.1, 0.15) is 30.0 Å². The summed E-state index contributed by atoms with van der Waals surface area (Å²) in [6.07, 6.45) is 0.595. The highest BCUT2D eigenvalue weighted by Crippen LogP contribution is 2.32. The van der Waals surface area contributed by atoms with Crippen molar-refractivity contribution < 1.29 is 9.59 Å². The summed E-state index contributed by atoms with van der Waals surface area (Å²) in [7, 11) is 0. The number of hydrogen-bond acceptors (Lipinski definition) is 5. The van der Waals surface area contributed by atoms with Gasteiger partial charge in [0.15, 0.2) is 6.04 Å². The molecule has 1 aliphatic heterocycles. The third-order valence-corrected chi connectivity index (χ3v) is 4.64.